The van der Waals surface area contributed by atoms with E-state index in [-0.39, 0.29) is 11.9 Å². The van der Waals surface area contributed by atoms with Gasteiger partial charge in [0, 0.05) is 0 Å². The molecule has 3 heteroatoms. The summed E-state index contributed by atoms with van der Waals surface area (Å²) in [6.45, 7) is 0.349. The van der Waals surface area contributed by atoms with Crippen LogP contribution in [-0.2, 0) is 9.53 Å². The number of methoxy groups -OCH3 is 1. The van der Waals surface area contributed by atoms with Gasteiger partial charge in [-0.3, -0.25) is 4.79 Å². The Morgan fingerprint density at radius 2 is 2.06 bits per heavy atom. The number of hydrogen-bond donors (Lipinski definition) is 0. The van der Waals surface area contributed by atoms with Gasteiger partial charge in [0.1, 0.15) is 12.4 Å². The predicted molar refractivity (Wildman–Crippen MR) is 65.7 cm³/mol. The summed E-state index contributed by atoms with van der Waals surface area (Å²) in [4.78, 5) is 11.2. The van der Waals surface area contributed by atoms with Crippen LogP contribution in [0.2, 0.25) is 0 Å². The van der Waals surface area contributed by atoms with Crippen LogP contribution in [0.15, 0.2) is 30.3 Å². The van der Waals surface area contributed by atoms with Crippen LogP contribution in [0, 0.1) is 5.92 Å². The third-order valence-electron chi connectivity index (χ3n) is 2.66. The number of esters is 1. The molecule has 0 N–H and O–H groups in total. The van der Waals surface area contributed by atoms with Crippen molar-refractivity contribution in [3.8, 4) is 5.75 Å². The molecular weight excluding hydrogens is 216 g/mol. The third kappa shape index (κ3) is 3.63. The lowest BCUT2D eigenvalue weighted by Gasteiger charge is -2.00. The van der Waals surface area contributed by atoms with Crippen LogP contribution in [0.25, 0.3) is 6.08 Å². The minimum Gasteiger partial charge on any atom is -0.497 e. The van der Waals surface area contributed by atoms with E-state index >= 15 is 0 Å². The van der Waals surface area contributed by atoms with Crippen molar-refractivity contribution in [3.63, 3.8) is 0 Å². The van der Waals surface area contributed by atoms with Crippen LogP contribution in [0.4, 0.5) is 0 Å². The molecule has 90 valence electrons. The molecule has 1 aromatic carbocycles. The third-order valence-corrected chi connectivity index (χ3v) is 2.66. The Hall–Kier alpha value is -1.77. The summed E-state index contributed by atoms with van der Waals surface area (Å²) in [7, 11) is 1.64. The van der Waals surface area contributed by atoms with Gasteiger partial charge in [0.2, 0.25) is 0 Å². The normalized spacial score (nSPS) is 14.9. The first-order valence-corrected chi connectivity index (χ1v) is 5.77. The summed E-state index contributed by atoms with van der Waals surface area (Å²) in [5.74, 6) is 0.941. The molecule has 0 bridgehead atoms. The van der Waals surface area contributed by atoms with E-state index in [9.17, 15) is 4.79 Å². The number of benzene rings is 1. The van der Waals surface area contributed by atoms with Crippen molar-refractivity contribution in [1.29, 1.82) is 0 Å². The second-order valence-corrected chi connectivity index (χ2v) is 4.08. The van der Waals surface area contributed by atoms with Gasteiger partial charge in [-0.1, -0.05) is 18.2 Å². The average Bonchev–Trinajstić information content (AvgIpc) is 3.19. The first-order chi connectivity index (χ1) is 8.29. The second-order valence-electron chi connectivity index (χ2n) is 4.08. The van der Waals surface area contributed by atoms with Gasteiger partial charge in [-0.25, -0.2) is 0 Å². The van der Waals surface area contributed by atoms with Crippen molar-refractivity contribution < 1.29 is 14.3 Å². The minimum absolute atomic E-state index is 0.0654. The molecule has 1 fully saturated rings. The molecule has 0 amide bonds. The van der Waals surface area contributed by atoms with E-state index in [1.807, 2.05) is 36.4 Å². The van der Waals surface area contributed by atoms with Gasteiger partial charge in [0.25, 0.3) is 0 Å². The van der Waals surface area contributed by atoms with Crippen LogP contribution in [-0.4, -0.2) is 19.7 Å². The molecule has 1 aliphatic rings. The molecule has 3 nitrogen and oxygen atoms in total. The van der Waals surface area contributed by atoms with Crippen molar-refractivity contribution in [2.75, 3.05) is 13.7 Å². The summed E-state index contributed by atoms with van der Waals surface area (Å²) in [6, 6.07) is 7.71. The van der Waals surface area contributed by atoms with Gasteiger partial charge in [-0.2, -0.15) is 0 Å². The zero-order valence-corrected chi connectivity index (χ0v) is 9.89. The predicted octanol–water partition coefficient (Wildman–Crippen LogP) is 2.66. The fourth-order valence-electron chi connectivity index (χ4n) is 1.47. The molecule has 0 unspecified atom stereocenters. The standard InChI is InChI=1S/C14H16O3/c1-16-13-8-4-11(5-9-13)3-2-10-17-14(15)12-6-7-12/h2-5,8-9,12H,6-7,10H2,1H3/b3-2+. The van der Waals surface area contributed by atoms with Gasteiger partial charge < -0.3 is 9.47 Å². The van der Waals surface area contributed by atoms with E-state index in [2.05, 4.69) is 0 Å². The first kappa shape index (κ1) is 11.7. The lowest BCUT2D eigenvalue weighted by molar-refractivity contribution is -0.143. The van der Waals surface area contributed by atoms with E-state index in [4.69, 9.17) is 9.47 Å². The van der Waals surface area contributed by atoms with Crippen LogP contribution >= 0.6 is 0 Å². The number of ether oxygens (including phenoxy) is 2. The topological polar surface area (TPSA) is 35.5 Å². The highest BCUT2D eigenvalue weighted by Gasteiger charge is 2.30. The van der Waals surface area contributed by atoms with Crippen molar-refractivity contribution in [3.05, 3.63) is 35.9 Å². The van der Waals surface area contributed by atoms with E-state index in [1.165, 1.54) is 0 Å². The average molecular weight is 232 g/mol. The lowest BCUT2D eigenvalue weighted by Crippen LogP contribution is -2.05. The van der Waals surface area contributed by atoms with Gasteiger partial charge >= 0.3 is 5.97 Å². The molecular formula is C14H16O3. The quantitative estimate of drug-likeness (QED) is 0.732. The summed E-state index contributed by atoms with van der Waals surface area (Å²) in [6.07, 6.45) is 5.75. The molecule has 0 heterocycles. The van der Waals surface area contributed by atoms with Crippen molar-refractivity contribution in [2.24, 2.45) is 5.92 Å². The lowest BCUT2D eigenvalue weighted by atomic mass is 10.2. The fourth-order valence-corrected chi connectivity index (χ4v) is 1.47. The molecule has 2 rings (SSSR count). The van der Waals surface area contributed by atoms with Crippen molar-refractivity contribution in [1.82, 2.24) is 0 Å². The van der Waals surface area contributed by atoms with E-state index in [0.29, 0.717) is 6.61 Å². The molecule has 0 aromatic heterocycles. The number of carbonyl (C=O) groups is 1. The minimum atomic E-state index is -0.0654. The Kier molecular flexibility index (Phi) is 3.81. The first-order valence-electron chi connectivity index (χ1n) is 5.77. The zero-order valence-electron chi connectivity index (χ0n) is 9.89. The monoisotopic (exact) mass is 232 g/mol. The highest BCUT2D eigenvalue weighted by atomic mass is 16.5. The largest absolute Gasteiger partial charge is 0.497 e. The molecule has 17 heavy (non-hydrogen) atoms. The van der Waals surface area contributed by atoms with Crippen LogP contribution in [0.3, 0.4) is 0 Å². The molecule has 0 aliphatic heterocycles. The Morgan fingerprint density at radius 3 is 2.65 bits per heavy atom. The summed E-state index contributed by atoms with van der Waals surface area (Å²) in [5, 5.41) is 0. The van der Waals surface area contributed by atoms with Crippen molar-refractivity contribution >= 4 is 12.0 Å². The zero-order chi connectivity index (χ0) is 12.1. The molecule has 1 aliphatic carbocycles. The van der Waals surface area contributed by atoms with Crippen molar-refractivity contribution in [2.45, 2.75) is 12.8 Å². The molecule has 0 saturated heterocycles. The molecule has 1 aromatic rings. The number of carbonyl (C=O) groups excluding carboxylic acids is 1. The maximum Gasteiger partial charge on any atom is 0.309 e. The van der Waals surface area contributed by atoms with Gasteiger partial charge in [0.15, 0.2) is 0 Å². The van der Waals surface area contributed by atoms with Crippen LogP contribution in [0.5, 0.6) is 5.75 Å². The Bertz CT molecular complexity index is 402. The maximum absolute atomic E-state index is 11.2. The second kappa shape index (κ2) is 5.53. The van der Waals surface area contributed by atoms with E-state index < -0.39 is 0 Å². The molecule has 0 atom stereocenters. The van der Waals surface area contributed by atoms with E-state index in [1.54, 1.807) is 7.11 Å². The molecule has 0 radical (unpaired) electrons. The molecule has 0 spiro atoms. The van der Waals surface area contributed by atoms with Crippen LogP contribution < -0.4 is 4.74 Å². The number of rotatable bonds is 5. The number of hydrogen-bond acceptors (Lipinski definition) is 3. The highest BCUT2D eigenvalue weighted by Crippen LogP contribution is 2.29. The van der Waals surface area contributed by atoms with Crippen LogP contribution in [0.1, 0.15) is 18.4 Å². The Labute approximate surface area is 101 Å². The van der Waals surface area contributed by atoms with Gasteiger partial charge in [-0.15, -0.1) is 0 Å². The molecule has 1 saturated carbocycles. The van der Waals surface area contributed by atoms with Gasteiger partial charge in [-0.05, 0) is 36.6 Å². The Balaban J connectivity index is 1.76. The summed E-state index contributed by atoms with van der Waals surface area (Å²) in [5.41, 5.74) is 1.06. The summed E-state index contributed by atoms with van der Waals surface area (Å²) < 4.78 is 10.1. The fraction of sp³-hybridized carbons (Fsp3) is 0.357. The summed E-state index contributed by atoms with van der Waals surface area (Å²) >= 11 is 0. The van der Waals surface area contributed by atoms with E-state index in [0.717, 1.165) is 24.2 Å². The highest BCUT2D eigenvalue weighted by molar-refractivity contribution is 5.75. The SMILES string of the molecule is COc1ccc(/C=C/COC(=O)C2CC2)cc1. The smallest absolute Gasteiger partial charge is 0.309 e. The maximum atomic E-state index is 11.2. The van der Waals surface area contributed by atoms with Gasteiger partial charge in [0.05, 0.1) is 13.0 Å². The Morgan fingerprint density at radius 1 is 1.35 bits per heavy atom.